The number of aliphatic hydroxyl groups excluding tert-OH is 1. The third-order valence-electron chi connectivity index (χ3n) is 1.77. The van der Waals surface area contributed by atoms with Crippen LogP contribution in [0.3, 0.4) is 0 Å². The average Bonchev–Trinajstić information content (AvgIpc) is 2.24. The molecule has 0 aromatic heterocycles. The predicted octanol–water partition coefficient (Wildman–Crippen LogP) is 2.49. The van der Waals surface area contributed by atoms with Crippen molar-refractivity contribution in [3.63, 3.8) is 0 Å². The highest BCUT2D eigenvalue weighted by Crippen LogP contribution is 2.02. The van der Waals surface area contributed by atoms with Crippen LogP contribution in [-0.2, 0) is 4.79 Å². The molecule has 0 rings (SSSR count). The molecule has 0 radical (unpaired) electrons. The second-order valence-electron chi connectivity index (χ2n) is 3.60. The van der Waals surface area contributed by atoms with Gasteiger partial charge in [0.05, 0.1) is 0 Å². The number of amides is 1. The number of nitriles is 1. The van der Waals surface area contributed by atoms with Gasteiger partial charge in [0, 0.05) is 5.70 Å². The first-order valence-corrected chi connectivity index (χ1v) is 5.01. The zero-order valence-corrected chi connectivity index (χ0v) is 10.2. The first kappa shape index (κ1) is 14.7. The zero-order valence-electron chi connectivity index (χ0n) is 10.2. The highest BCUT2D eigenvalue weighted by atomic mass is 16.3. The van der Waals surface area contributed by atoms with Crippen molar-refractivity contribution in [2.24, 2.45) is 0 Å². The molecule has 4 nitrogen and oxygen atoms in total. The minimum atomic E-state index is -0.652. The standard InChI is InChI=1S/C13H16N2O2/c1-5-11(7-6-9(2)3)15-13(17)12(8-14)10(4)16/h5-7,16H,1H2,2-4H3,(H,15,17)/b11-7+,12-10-. The van der Waals surface area contributed by atoms with Crippen LogP contribution in [0.1, 0.15) is 20.8 Å². The molecule has 1 amide bonds. The molecule has 0 aromatic carbocycles. The van der Waals surface area contributed by atoms with E-state index < -0.39 is 5.91 Å². The quantitative estimate of drug-likeness (QED) is 0.338. The lowest BCUT2D eigenvalue weighted by Gasteiger charge is -2.04. The van der Waals surface area contributed by atoms with Crippen LogP contribution in [0, 0.1) is 11.3 Å². The summed E-state index contributed by atoms with van der Waals surface area (Å²) in [7, 11) is 0. The molecule has 0 saturated heterocycles. The maximum absolute atomic E-state index is 11.6. The SMILES string of the molecule is C=C/C(=C\C=C(C)C)NC(=O)/C(C#N)=C(/C)O. The lowest BCUT2D eigenvalue weighted by molar-refractivity contribution is -0.116. The highest BCUT2D eigenvalue weighted by Gasteiger charge is 2.12. The van der Waals surface area contributed by atoms with Crippen molar-refractivity contribution in [2.75, 3.05) is 0 Å². The molecule has 0 saturated carbocycles. The molecule has 90 valence electrons. The number of carbonyl (C=O) groups is 1. The second-order valence-corrected chi connectivity index (χ2v) is 3.60. The van der Waals surface area contributed by atoms with Crippen molar-refractivity contribution >= 4 is 5.91 Å². The fourth-order valence-electron chi connectivity index (χ4n) is 0.907. The van der Waals surface area contributed by atoms with Crippen molar-refractivity contribution in [3.05, 3.63) is 47.4 Å². The summed E-state index contributed by atoms with van der Waals surface area (Å²) in [6.45, 7) is 8.66. The fraction of sp³-hybridized carbons (Fsp3) is 0.231. The molecule has 0 aliphatic rings. The van der Waals surface area contributed by atoms with Crippen molar-refractivity contribution < 1.29 is 9.90 Å². The molecule has 0 aliphatic carbocycles. The summed E-state index contributed by atoms with van der Waals surface area (Å²) in [5.41, 5.74) is 1.22. The molecule has 0 aliphatic heterocycles. The lowest BCUT2D eigenvalue weighted by Crippen LogP contribution is -2.23. The van der Waals surface area contributed by atoms with E-state index in [1.807, 2.05) is 13.8 Å². The lowest BCUT2D eigenvalue weighted by atomic mass is 10.2. The summed E-state index contributed by atoms with van der Waals surface area (Å²) >= 11 is 0. The Bertz CT molecular complexity index is 441. The van der Waals surface area contributed by atoms with E-state index in [0.717, 1.165) is 5.57 Å². The van der Waals surface area contributed by atoms with Gasteiger partial charge in [-0.25, -0.2) is 0 Å². The van der Waals surface area contributed by atoms with Crippen LogP contribution in [0.5, 0.6) is 0 Å². The topological polar surface area (TPSA) is 73.1 Å². The molecule has 0 bridgehead atoms. The van der Waals surface area contributed by atoms with Crippen molar-refractivity contribution in [2.45, 2.75) is 20.8 Å². The van der Waals surface area contributed by atoms with Crippen molar-refractivity contribution in [3.8, 4) is 6.07 Å². The molecule has 0 atom stereocenters. The van der Waals surface area contributed by atoms with Gasteiger partial charge in [0.15, 0.2) is 5.57 Å². The molecular formula is C13H16N2O2. The van der Waals surface area contributed by atoms with Gasteiger partial charge >= 0.3 is 0 Å². The zero-order chi connectivity index (χ0) is 13.4. The average molecular weight is 232 g/mol. The largest absolute Gasteiger partial charge is 0.511 e. The van der Waals surface area contributed by atoms with Crippen LogP contribution in [0.25, 0.3) is 0 Å². The van der Waals surface area contributed by atoms with E-state index in [1.54, 1.807) is 18.2 Å². The normalized spacial score (nSPS) is 12.0. The van der Waals surface area contributed by atoms with Gasteiger partial charge in [0.1, 0.15) is 11.8 Å². The summed E-state index contributed by atoms with van der Waals surface area (Å²) in [6, 6.07) is 1.64. The first-order valence-electron chi connectivity index (χ1n) is 5.01. The Labute approximate surface area is 101 Å². The van der Waals surface area contributed by atoms with Crippen LogP contribution in [0.4, 0.5) is 0 Å². The maximum Gasteiger partial charge on any atom is 0.269 e. The minimum absolute atomic E-state index is 0.310. The maximum atomic E-state index is 11.6. The molecule has 17 heavy (non-hydrogen) atoms. The van der Waals surface area contributed by atoms with E-state index in [1.165, 1.54) is 13.0 Å². The Balaban J connectivity index is 4.97. The van der Waals surface area contributed by atoms with E-state index in [2.05, 4.69) is 11.9 Å². The van der Waals surface area contributed by atoms with E-state index in [-0.39, 0.29) is 11.3 Å². The summed E-state index contributed by atoms with van der Waals surface area (Å²) in [6.07, 6.45) is 4.93. The van der Waals surface area contributed by atoms with Crippen LogP contribution >= 0.6 is 0 Å². The molecule has 2 N–H and O–H groups in total. The molecule has 0 spiro atoms. The number of nitrogens with zero attached hydrogens (tertiary/aromatic N) is 1. The highest BCUT2D eigenvalue weighted by molar-refractivity contribution is 5.98. The van der Waals surface area contributed by atoms with E-state index in [4.69, 9.17) is 10.4 Å². The molecule has 4 heteroatoms. The molecule has 0 aromatic rings. The van der Waals surface area contributed by atoms with Gasteiger partial charge in [-0.15, -0.1) is 0 Å². The monoisotopic (exact) mass is 232 g/mol. The number of hydrogen-bond donors (Lipinski definition) is 2. The fourth-order valence-corrected chi connectivity index (χ4v) is 0.907. The van der Waals surface area contributed by atoms with Crippen molar-refractivity contribution in [1.29, 1.82) is 5.26 Å². The Hall–Kier alpha value is -2.28. The number of rotatable bonds is 4. The summed E-state index contributed by atoms with van der Waals surface area (Å²) in [4.78, 5) is 11.6. The first-order chi connectivity index (χ1) is 7.92. The van der Waals surface area contributed by atoms with Gasteiger partial charge < -0.3 is 10.4 Å². The third kappa shape index (κ3) is 5.38. The smallest absolute Gasteiger partial charge is 0.269 e. The number of carbonyl (C=O) groups excluding carboxylic acids is 1. The summed E-state index contributed by atoms with van der Waals surface area (Å²) in [5, 5.41) is 20.3. The van der Waals surface area contributed by atoms with Gasteiger partial charge in [-0.05, 0) is 32.9 Å². The Morgan fingerprint density at radius 3 is 2.29 bits per heavy atom. The molecular weight excluding hydrogens is 216 g/mol. The van der Waals surface area contributed by atoms with Crippen LogP contribution in [0.15, 0.2) is 47.4 Å². The van der Waals surface area contributed by atoms with Gasteiger partial charge in [-0.3, -0.25) is 4.79 Å². The van der Waals surface area contributed by atoms with E-state index >= 15 is 0 Å². The Morgan fingerprint density at radius 2 is 1.94 bits per heavy atom. The van der Waals surface area contributed by atoms with E-state index in [0.29, 0.717) is 5.70 Å². The van der Waals surface area contributed by atoms with Gasteiger partial charge in [-0.2, -0.15) is 5.26 Å². The predicted molar refractivity (Wildman–Crippen MR) is 66.8 cm³/mol. The van der Waals surface area contributed by atoms with E-state index in [9.17, 15) is 4.79 Å². The second kappa shape index (κ2) is 7.07. The number of hydrogen-bond acceptors (Lipinski definition) is 3. The summed E-state index contributed by atoms with van der Waals surface area (Å²) < 4.78 is 0. The Morgan fingerprint density at radius 1 is 1.35 bits per heavy atom. The van der Waals surface area contributed by atoms with Crippen molar-refractivity contribution in [1.82, 2.24) is 5.32 Å². The molecule has 0 heterocycles. The third-order valence-corrected chi connectivity index (χ3v) is 1.77. The van der Waals surface area contributed by atoms with Crippen LogP contribution in [0.2, 0.25) is 0 Å². The van der Waals surface area contributed by atoms with Gasteiger partial charge in [0.2, 0.25) is 0 Å². The van der Waals surface area contributed by atoms with Gasteiger partial charge in [0.25, 0.3) is 5.91 Å². The number of nitrogens with one attached hydrogen (secondary N) is 1. The van der Waals surface area contributed by atoms with Crippen LogP contribution < -0.4 is 5.32 Å². The molecule has 0 unspecified atom stereocenters. The number of aliphatic hydroxyl groups is 1. The molecule has 0 fully saturated rings. The summed E-state index contributed by atoms with van der Waals surface area (Å²) in [5.74, 6) is -0.962. The Kier molecular flexibility index (Phi) is 6.12. The van der Waals surface area contributed by atoms with Crippen LogP contribution in [-0.4, -0.2) is 11.0 Å². The minimum Gasteiger partial charge on any atom is -0.511 e. The number of allylic oxidation sites excluding steroid dienone is 5. The van der Waals surface area contributed by atoms with Gasteiger partial charge in [-0.1, -0.05) is 18.2 Å².